The normalized spacial score (nSPS) is 22.7. The van der Waals surface area contributed by atoms with Crippen molar-refractivity contribution < 1.29 is 47.3 Å². The Bertz CT molecular complexity index is 2230. The topological polar surface area (TPSA) is 111 Å². The van der Waals surface area contributed by atoms with Crippen molar-refractivity contribution in [3.05, 3.63) is 133 Å². The lowest BCUT2D eigenvalue weighted by molar-refractivity contribution is -0.0528. The quantitative estimate of drug-likeness (QED) is 0.0936. The van der Waals surface area contributed by atoms with Gasteiger partial charge in [0.25, 0.3) is 0 Å². The van der Waals surface area contributed by atoms with Crippen LogP contribution < -0.4 is 5.46 Å². The fourth-order valence-corrected chi connectivity index (χ4v) is 8.51. The van der Waals surface area contributed by atoms with Crippen molar-refractivity contribution in [3.63, 3.8) is 0 Å². The van der Waals surface area contributed by atoms with Gasteiger partial charge >= 0.3 is 21.1 Å². The molecule has 0 bridgehead atoms. The first kappa shape index (κ1) is 61.3. The highest BCUT2D eigenvalue weighted by Crippen LogP contribution is 2.43. The van der Waals surface area contributed by atoms with Gasteiger partial charge in [-0.3, -0.25) is 4.79 Å². The van der Waals surface area contributed by atoms with E-state index in [1.807, 2.05) is 91.8 Å². The van der Waals surface area contributed by atoms with Gasteiger partial charge in [0.15, 0.2) is 5.78 Å². The molecular formula is C54H72B3Br3Cl2O10. The highest BCUT2D eigenvalue weighted by Gasteiger charge is 2.63. The van der Waals surface area contributed by atoms with Crippen molar-refractivity contribution in [3.8, 4) is 0 Å². The number of hydrogen-bond acceptors (Lipinski definition) is 10. The Balaban J connectivity index is 0.000000170. The minimum atomic E-state index is -0.476. The molecule has 392 valence electrons. The van der Waals surface area contributed by atoms with Gasteiger partial charge in [-0.15, -0.1) is 23.2 Å². The van der Waals surface area contributed by atoms with E-state index in [4.69, 9.17) is 60.6 Å². The summed E-state index contributed by atoms with van der Waals surface area (Å²) in [7, 11) is -1.23. The third-order valence-electron chi connectivity index (χ3n) is 14.4. The molecule has 4 aromatic rings. The summed E-state index contributed by atoms with van der Waals surface area (Å²) in [6.45, 7) is 26.3. The molecule has 72 heavy (non-hydrogen) atoms. The van der Waals surface area contributed by atoms with Crippen LogP contribution in [0.2, 0.25) is 0 Å². The van der Waals surface area contributed by atoms with E-state index >= 15 is 0 Å². The fraction of sp³-hybridized carbons (Fsp3) is 0.537. The number of aliphatic hydroxyl groups is 1. The molecule has 3 atom stereocenters. The molecule has 3 unspecified atom stereocenters. The van der Waals surface area contributed by atoms with Gasteiger partial charge in [-0.05, 0) is 148 Å². The zero-order valence-electron chi connectivity index (χ0n) is 43.9. The molecule has 9 rings (SSSR count). The summed E-state index contributed by atoms with van der Waals surface area (Å²) < 4.78 is 49.9. The summed E-state index contributed by atoms with van der Waals surface area (Å²) in [6.07, 6.45) is 3.51. The maximum absolute atomic E-state index is 11.3. The van der Waals surface area contributed by atoms with Crippen LogP contribution in [0.1, 0.15) is 154 Å². The Kier molecular flexibility index (Phi) is 22.3. The number of carbonyl (C=O) groups is 1. The number of ketones is 1. The molecule has 0 saturated carbocycles. The second-order valence-corrected chi connectivity index (χ2v) is 24.8. The summed E-state index contributed by atoms with van der Waals surface area (Å²) in [5, 5.41) is 9.51. The van der Waals surface area contributed by atoms with Crippen molar-refractivity contribution in [2.24, 2.45) is 0 Å². The molecule has 5 heterocycles. The van der Waals surface area contributed by atoms with Gasteiger partial charge in [0, 0.05) is 50.0 Å². The van der Waals surface area contributed by atoms with Gasteiger partial charge in [-0.1, -0.05) is 108 Å². The van der Waals surface area contributed by atoms with Crippen LogP contribution in [0.25, 0.3) is 0 Å². The molecule has 1 N–H and O–H groups in total. The Morgan fingerprint density at radius 3 is 1.21 bits per heavy atom. The number of halogens is 5. The molecule has 0 amide bonds. The van der Waals surface area contributed by atoms with Crippen molar-refractivity contribution in [1.82, 2.24) is 0 Å². The predicted molar refractivity (Wildman–Crippen MR) is 303 cm³/mol. The lowest BCUT2D eigenvalue weighted by Crippen LogP contribution is -2.41. The zero-order valence-corrected chi connectivity index (χ0v) is 50.1. The molecule has 0 aromatic heterocycles. The molecular weight excluding hydrogens is 1150 g/mol. The van der Waals surface area contributed by atoms with Crippen LogP contribution in [0.4, 0.5) is 0 Å². The Labute approximate surface area is 465 Å². The van der Waals surface area contributed by atoms with Crippen molar-refractivity contribution in [2.45, 2.75) is 161 Å². The van der Waals surface area contributed by atoms with Crippen LogP contribution in [0.3, 0.4) is 0 Å². The number of Topliss-reactive ketones (excluding diaryl/α,β-unsaturated/α-hetero) is 1. The van der Waals surface area contributed by atoms with E-state index in [1.54, 1.807) is 12.1 Å². The van der Waals surface area contributed by atoms with Gasteiger partial charge < -0.3 is 42.5 Å². The van der Waals surface area contributed by atoms with Crippen LogP contribution in [0, 0.1) is 0 Å². The second kappa shape index (κ2) is 26.2. The first-order valence-corrected chi connectivity index (χ1v) is 28.1. The number of hydrogen-bond donors (Lipinski definition) is 1. The van der Waals surface area contributed by atoms with Crippen molar-refractivity contribution in [1.29, 1.82) is 0 Å². The third kappa shape index (κ3) is 16.5. The molecule has 5 fully saturated rings. The first-order chi connectivity index (χ1) is 33.6. The maximum atomic E-state index is 11.3. The summed E-state index contributed by atoms with van der Waals surface area (Å²) in [4.78, 5) is 11.3. The molecule has 0 aliphatic carbocycles. The standard InChI is InChI=1S/C15H21BO3.C12H24B2O4.C9H10BrClO.C9H8BrClO.C9H9BrO/c1-14(2)15(3,4)19-16(18-14)12-7-5-11(6-8-12)13-9-10-17-13;1-9(2)10(3,4)16-13(15-9)14-17-11(5,6)12(7,8)18-14;2*10-8-3-1-7(2-4-8)9(12)5-6-11;10-8-3-1-7(2-4-8)9-5-6-11-9/h5-8,13H,9-10H2,1-4H3;1-8H3;1-4,9,12H,5-6H2;1-4H,5-6H2;1-4,9H,5-6H2. The van der Waals surface area contributed by atoms with Crippen LogP contribution in [0.15, 0.2) is 110 Å². The number of carbonyl (C=O) groups excluding carboxylic acids is 1. The zero-order chi connectivity index (χ0) is 53.3. The summed E-state index contributed by atoms with van der Waals surface area (Å²) in [6, 6.07) is 31.6. The van der Waals surface area contributed by atoms with E-state index in [-0.39, 0.29) is 52.6 Å². The molecule has 5 saturated heterocycles. The second-order valence-electron chi connectivity index (χ2n) is 21.3. The van der Waals surface area contributed by atoms with Gasteiger partial charge in [0.2, 0.25) is 0 Å². The summed E-state index contributed by atoms with van der Waals surface area (Å²) in [5.41, 5.74) is 3.23. The molecule has 0 radical (unpaired) electrons. The van der Waals surface area contributed by atoms with E-state index in [0.29, 0.717) is 30.7 Å². The van der Waals surface area contributed by atoms with Crippen LogP contribution >= 0.6 is 71.0 Å². The Morgan fingerprint density at radius 1 is 0.542 bits per heavy atom. The first-order valence-electron chi connectivity index (χ1n) is 24.6. The Morgan fingerprint density at radius 2 is 0.875 bits per heavy atom. The largest absolute Gasteiger partial charge is 0.494 e. The molecule has 4 aromatic carbocycles. The number of ether oxygens (including phenoxy) is 2. The van der Waals surface area contributed by atoms with Gasteiger partial charge in [-0.25, -0.2) is 0 Å². The molecule has 10 nitrogen and oxygen atoms in total. The SMILES string of the molecule is Brc1ccc(C2CCO2)cc1.CC1(C)OB(B2OC(C)(C)C(C)(C)O2)OC1(C)C.CC1(C)OB(c2ccc(C3CCO3)cc2)OC1(C)C.O=C(CCCl)c1ccc(Br)cc1.OC(CCCl)c1ccc(Br)cc1. The predicted octanol–water partition coefficient (Wildman–Crippen LogP) is 14.0. The van der Waals surface area contributed by atoms with Gasteiger partial charge in [0.1, 0.15) is 0 Å². The minimum Gasteiger partial charge on any atom is -0.405 e. The average molecular weight is 1220 g/mol. The lowest BCUT2D eigenvalue weighted by Gasteiger charge is -2.32. The van der Waals surface area contributed by atoms with E-state index < -0.39 is 20.1 Å². The summed E-state index contributed by atoms with van der Waals surface area (Å²) in [5.74, 6) is 0.962. The number of aliphatic hydroxyl groups excluding tert-OH is 1. The van der Waals surface area contributed by atoms with E-state index in [1.165, 1.54) is 17.5 Å². The van der Waals surface area contributed by atoms with Gasteiger partial charge in [-0.2, -0.15) is 0 Å². The molecule has 0 spiro atoms. The molecule has 18 heteroatoms. The van der Waals surface area contributed by atoms with Crippen LogP contribution in [-0.2, 0) is 37.4 Å². The number of rotatable bonds is 10. The summed E-state index contributed by atoms with van der Waals surface area (Å²) >= 11 is 21.0. The highest BCUT2D eigenvalue weighted by molar-refractivity contribution is 9.11. The number of alkyl halides is 2. The van der Waals surface area contributed by atoms with Crippen LogP contribution in [0.5, 0.6) is 0 Å². The fourth-order valence-electron chi connectivity index (χ4n) is 7.34. The van der Waals surface area contributed by atoms with Crippen LogP contribution in [-0.4, -0.2) is 90.6 Å². The van der Waals surface area contributed by atoms with Gasteiger partial charge in [0.05, 0.1) is 65.1 Å². The van der Waals surface area contributed by atoms with E-state index in [9.17, 15) is 9.90 Å². The monoisotopic (exact) mass is 1220 g/mol. The molecule has 5 aliphatic rings. The van der Waals surface area contributed by atoms with E-state index in [2.05, 4.69) is 124 Å². The Hall–Kier alpha value is -1.60. The number of benzene rings is 4. The highest BCUT2D eigenvalue weighted by atomic mass is 79.9. The third-order valence-corrected chi connectivity index (χ3v) is 16.4. The molecule has 5 aliphatic heterocycles. The van der Waals surface area contributed by atoms with Crippen molar-refractivity contribution >= 4 is 103 Å². The minimum absolute atomic E-state index is 0.0949. The lowest BCUT2D eigenvalue weighted by atomic mass is 9.49. The smallest absolute Gasteiger partial charge is 0.405 e. The average Bonchev–Trinajstić information content (AvgIpc) is 3.74. The van der Waals surface area contributed by atoms with E-state index in [0.717, 1.165) is 49.6 Å². The van der Waals surface area contributed by atoms with Crippen molar-refractivity contribution in [2.75, 3.05) is 25.0 Å². The maximum Gasteiger partial charge on any atom is 0.494 e.